The molecule has 0 bridgehead atoms. The summed E-state index contributed by atoms with van der Waals surface area (Å²) in [6.07, 6.45) is 15.5. The number of likely N-dealkylation sites (N-methyl/N-ethyl adjacent to an activating group) is 1. The molecule has 0 atom stereocenters. The summed E-state index contributed by atoms with van der Waals surface area (Å²) in [6, 6.07) is 0. The maximum atomic E-state index is 13.3. The highest BCUT2D eigenvalue weighted by Crippen LogP contribution is 2.29. The van der Waals surface area contributed by atoms with Crippen LogP contribution in [0.3, 0.4) is 0 Å². The molecule has 0 aromatic rings. The summed E-state index contributed by atoms with van der Waals surface area (Å²) in [5.74, 6) is 1.16. The quantitative estimate of drug-likeness (QED) is 0.119. The number of hydrogen-bond acceptors (Lipinski definition) is 3. The third-order valence-corrected chi connectivity index (χ3v) is 6.07. The van der Waals surface area contributed by atoms with Crippen LogP contribution in [-0.4, -0.2) is 55.1 Å². The zero-order valence-corrected chi connectivity index (χ0v) is 23.9. The van der Waals surface area contributed by atoms with Crippen molar-refractivity contribution in [2.24, 2.45) is 16.8 Å². The lowest BCUT2D eigenvalue weighted by molar-refractivity contribution is -0.128. The van der Waals surface area contributed by atoms with Gasteiger partial charge in [0.2, 0.25) is 5.91 Å². The maximum Gasteiger partial charge on any atom is 0.249 e. The molecule has 1 saturated heterocycles. The molecule has 4 heteroatoms. The van der Waals surface area contributed by atoms with Gasteiger partial charge in [-0.25, -0.2) is 0 Å². The van der Waals surface area contributed by atoms with Crippen molar-refractivity contribution < 1.29 is 4.79 Å². The van der Waals surface area contributed by atoms with Gasteiger partial charge in [-0.2, -0.15) is 0 Å². The van der Waals surface area contributed by atoms with Crippen molar-refractivity contribution in [1.82, 2.24) is 9.80 Å². The first-order valence-electron chi connectivity index (χ1n) is 13.5. The van der Waals surface area contributed by atoms with Crippen LogP contribution in [0.5, 0.6) is 0 Å². The predicted octanol–water partition coefficient (Wildman–Crippen LogP) is 7.37. The third kappa shape index (κ3) is 11.9. The van der Waals surface area contributed by atoms with Crippen LogP contribution in [0.15, 0.2) is 63.9 Å². The molecule has 1 aliphatic heterocycles. The first kappa shape index (κ1) is 30.8. The van der Waals surface area contributed by atoms with Crippen LogP contribution in [0, 0.1) is 11.8 Å². The fourth-order valence-corrected chi connectivity index (χ4v) is 4.29. The molecule has 1 aliphatic rings. The summed E-state index contributed by atoms with van der Waals surface area (Å²) >= 11 is 0. The van der Waals surface area contributed by atoms with Crippen LogP contribution in [0.25, 0.3) is 0 Å². The van der Waals surface area contributed by atoms with Crippen LogP contribution < -0.4 is 0 Å². The fourth-order valence-electron chi connectivity index (χ4n) is 4.29. The van der Waals surface area contributed by atoms with E-state index in [1.165, 1.54) is 11.1 Å². The number of hydrogen-bond donors (Lipinski definition) is 0. The lowest BCUT2D eigenvalue weighted by atomic mass is 9.91. The van der Waals surface area contributed by atoms with E-state index in [-0.39, 0.29) is 5.91 Å². The number of allylic oxidation sites excluding steroid dienone is 7. The molecule has 1 heterocycles. The average Bonchev–Trinajstić information content (AvgIpc) is 2.77. The first-order valence-corrected chi connectivity index (χ1v) is 13.5. The van der Waals surface area contributed by atoms with Crippen molar-refractivity contribution >= 4 is 12.1 Å². The van der Waals surface area contributed by atoms with Crippen molar-refractivity contribution in [3.05, 3.63) is 58.9 Å². The number of rotatable bonds is 13. The van der Waals surface area contributed by atoms with Gasteiger partial charge >= 0.3 is 0 Å². The zero-order valence-electron chi connectivity index (χ0n) is 23.9. The van der Waals surface area contributed by atoms with Gasteiger partial charge in [-0.05, 0) is 75.6 Å². The van der Waals surface area contributed by atoms with Gasteiger partial charge in [0, 0.05) is 38.0 Å². The van der Waals surface area contributed by atoms with Gasteiger partial charge in [0.15, 0.2) is 0 Å². The molecular formula is C31H51N3O. The summed E-state index contributed by atoms with van der Waals surface area (Å²) in [5.41, 5.74) is 5.26. The van der Waals surface area contributed by atoms with E-state index in [1.54, 1.807) is 0 Å². The average molecular weight is 482 g/mol. The van der Waals surface area contributed by atoms with Crippen molar-refractivity contribution in [3.8, 4) is 0 Å². The van der Waals surface area contributed by atoms with E-state index in [0.717, 1.165) is 75.1 Å². The Hall–Kier alpha value is -2.20. The minimum atomic E-state index is 0.147. The van der Waals surface area contributed by atoms with Crippen molar-refractivity contribution in [2.75, 3.05) is 33.2 Å². The third-order valence-electron chi connectivity index (χ3n) is 6.07. The molecule has 0 radical (unpaired) electrons. The Morgan fingerprint density at radius 2 is 1.63 bits per heavy atom. The predicted molar refractivity (Wildman–Crippen MR) is 154 cm³/mol. The van der Waals surface area contributed by atoms with Gasteiger partial charge in [-0.15, -0.1) is 0 Å². The van der Waals surface area contributed by atoms with E-state index in [0.29, 0.717) is 11.8 Å². The number of aliphatic imine (C=N–C) groups is 1. The lowest BCUT2D eigenvalue weighted by Gasteiger charge is -2.32. The number of unbranched alkanes of at least 4 members (excludes halogenated alkanes) is 1. The number of piperazine rings is 1. The first-order chi connectivity index (χ1) is 16.6. The minimum Gasteiger partial charge on any atom is -0.336 e. The Labute approximate surface area is 216 Å². The van der Waals surface area contributed by atoms with Gasteiger partial charge in [0.1, 0.15) is 0 Å². The van der Waals surface area contributed by atoms with Crippen LogP contribution in [0.2, 0.25) is 0 Å². The zero-order chi connectivity index (χ0) is 26.4. The summed E-state index contributed by atoms with van der Waals surface area (Å²) < 4.78 is 0. The molecule has 0 aromatic carbocycles. The summed E-state index contributed by atoms with van der Waals surface area (Å²) in [4.78, 5) is 22.4. The fraction of sp³-hybridized carbons (Fsp3) is 0.613. The molecule has 0 unspecified atom stereocenters. The monoisotopic (exact) mass is 481 g/mol. The second-order valence-electron chi connectivity index (χ2n) is 10.7. The number of nitrogens with zero attached hydrogens (tertiary/aromatic N) is 3. The Balaban J connectivity index is 3.55. The van der Waals surface area contributed by atoms with Crippen molar-refractivity contribution in [1.29, 1.82) is 0 Å². The molecule has 1 rings (SSSR count). The highest BCUT2D eigenvalue weighted by Gasteiger charge is 2.21. The van der Waals surface area contributed by atoms with E-state index in [9.17, 15) is 4.79 Å². The van der Waals surface area contributed by atoms with Crippen molar-refractivity contribution in [3.63, 3.8) is 0 Å². The van der Waals surface area contributed by atoms with Crippen LogP contribution in [0.4, 0.5) is 0 Å². The van der Waals surface area contributed by atoms with Gasteiger partial charge in [0.05, 0.1) is 5.70 Å². The molecular weight excluding hydrogens is 430 g/mol. The van der Waals surface area contributed by atoms with Crippen LogP contribution in [0.1, 0.15) is 80.6 Å². The molecule has 1 fully saturated rings. The van der Waals surface area contributed by atoms with E-state index >= 15 is 0 Å². The molecule has 4 nitrogen and oxygen atoms in total. The largest absolute Gasteiger partial charge is 0.336 e. The summed E-state index contributed by atoms with van der Waals surface area (Å²) in [6.45, 7) is 22.8. The molecule has 0 saturated carbocycles. The molecule has 1 amide bonds. The van der Waals surface area contributed by atoms with E-state index in [2.05, 4.69) is 77.4 Å². The van der Waals surface area contributed by atoms with Crippen molar-refractivity contribution in [2.45, 2.75) is 80.6 Å². The second kappa shape index (κ2) is 16.5. The maximum absolute atomic E-state index is 13.3. The smallest absolute Gasteiger partial charge is 0.249 e. The topological polar surface area (TPSA) is 35.9 Å². The highest BCUT2D eigenvalue weighted by molar-refractivity contribution is 5.93. The SMILES string of the molecule is C=C(/C=C(N=CC)/C(CC=CCCC)=C(/C=C(\C)C(=O)N1CCN(C)CC1)CC(C)C)CC(C)C. The second-order valence-corrected chi connectivity index (χ2v) is 10.7. The minimum absolute atomic E-state index is 0.147. The Kier molecular flexibility index (Phi) is 14.5. The van der Waals surface area contributed by atoms with E-state index in [4.69, 9.17) is 4.99 Å². The van der Waals surface area contributed by atoms with Gasteiger partial charge in [-0.1, -0.05) is 71.4 Å². The normalized spacial score (nSPS) is 17.3. The molecule has 0 N–H and O–H groups in total. The molecule has 196 valence electrons. The summed E-state index contributed by atoms with van der Waals surface area (Å²) in [5, 5.41) is 0. The number of amides is 1. The van der Waals surface area contributed by atoms with Gasteiger partial charge < -0.3 is 9.80 Å². The lowest BCUT2D eigenvalue weighted by Crippen LogP contribution is -2.47. The number of carbonyl (C=O) groups excluding carboxylic acids is 1. The molecule has 35 heavy (non-hydrogen) atoms. The van der Waals surface area contributed by atoms with Crippen LogP contribution in [-0.2, 0) is 4.79 Å². The van der Waals surface area contributed by atoms with Crippen LogP contribution >= 0.6 is 0 Å². The molecule has 0 aliphatic carbocycles. The Morgan fingerprint density at radius 3 is 2.17 bits per heavy atom. The molecule has 0 spiro atoms. The van der Waals surface area contributed by atoms with Gasteiger partial charge in [-0.3, -0.25) is 9.79 Å². The highest BCUT2D eigenvalue weighted by atomic mass is 16.2. The Bertz CT molecular complexity index is 831. The van der Waals surface area contributed by atoms with Gasteiger partial charge in [0.25, 0.3) is 0 Å². The van der Waals surface area contributed by atoms with E-state index < -0.39 is 0 Å². The number of carbonyl (C=O) groups is 1. The van der Waals surface area contributed by atoms with E-state index in [1.807, 2.05) is 25.0 Å². The standard InChI is InChI=1S/C31H51N3O/c1-10-12-13-14-15-29(30(32-11-2)22-26(7)20-24(3)4)28(21-25(5)6)23-27(8)31(35)34-18-16-33(9)17-19-34/h11,13-14,22-25H,7,10,12,15-21H2,1-6,8-9H3/b14-13?,27-23+,29-28+,30-22-,32-11?. The Morgan fingerprint density at radius 1 is 1.00 bits per heavy atom. The summed E-state index contributed by atoms with van der Waals surface area (Å²) in [7, 11) is 2.11. The molecule has 0 aromatic heterocycles.